The van der Waals surface area contributed by atoms with Gasteiger partial charge in [0.25, 0.3) is 0 Å². The van der Waals surface area contributed by atoms with Crippen molar-refractivity contribution in [1.82, 2.24) is 4.90 Å². The lowest BCUT2D eigenvalue weighted by molar-refractivity contribution is -0.155. The van der Waals surface area contributed by atoms with Crippen molar-refractivity contribution in [3.63, 3.8) is 0 Å². The molecule has 0 fully saturated rings. The monoisotopic (exact) mass is 283 g/mol. The molecule has 5 heteroatoms. The van der Waals surface area contributed by atoms with Gasteiger partial charge in [0, 0.05) is 26.6 Å². The summed E-state index contributed by atoms with van der Waals surface area (Å²) in [6.45, 7) is 7.12. The molecule has 0 saturated carbocycles. The van der Waals surface area contributed by atoms with Crippen molar-refractivity contribution in [1.29, 1.82) is 0 Å². The number of ether oxygens (including phenoxy) is 1. The normalized spacial score (nSPS) is 18.6. The van der Waals surface area contributed by atoms with Crippen molar-refractivity contribution in [3.05, 3.63) is 11.6 Å². The minimum Gasteiger partial charge on any atom is -0.481 e. The molecule has 5 nitrogen and oxygen atoms in total. The van der Waals surface area contributed by atoms with E-state index in [-0.39, 0.29) is 18.2 Å². The topological polar surface area (TPSA) is 66.8 Å². The fraction of sp³-hybridized carbons (Fsp3) is 0.733. The average molecular weight is 283 g/mol. The second-order valence-corrected chi connectivity index (χ2v) is 5.94. The lowest BCUT2D eigenvalue weighted by Crippen LogP contribution is -2.42. The van der Waals surface area contributed by atoms with E-state index in [1.807, 2.05) is 19.9 Å². The third-order valence-corrected chi connectivity index (χ3v) is 4.27. The molecule has 114 valence electrons. The molecule has 1 heterocycles. The van der Waals surface area contributed by atoms with Crippen molar-refractivity contribution >= 4 is 11.9 Å². The standard InChI is InChI=1S/C15H25NO4/c1-11(2)15(3,14(18)19)9-13(17)16-7-5-12(6-8-16)10-20-4/h5,11H,6-10H2,1-4H3,(H,18,19). The molecule has 0 aromatic carbocycles. The zero-order valence-electron chi connectivity index (χ0n) is 12.8. The van der Waals surface area contributed by atoms with E-state index in [0.717, 1.165) is 6.42 Å². The van der Waals surface area contributed by atoms with Gasteiger partial charge in [-0.25, -0.2) is 0 Å². The fourth-order valence-electron chi connectivity index (χ4n) is 2.21. The van der Waals surface area contributed by atoms with Gasteiger partial charge in [-0.05, 0) is 24.8 Å². The Bertz CT molecular complexity index is 403. The maximum Gasteiger partial charge on any atom is 0.310 e. The summed E-state index contributed by atoms with van der Waals surface area (Å²) in [5, 5.41) is 9.36. The SMILES string of the molecule is COCC1=CCN(C(=O)CC(C)(C(=O)O)C(C)C)CC1. The van der Waals surface area contributed by atoms with Crippen LogP contribution in [0.2, 0.25) is 0 Å². The maximum atomic E-state index is 12.3. The van der Waals surface area contributed by atoms with Gasteiger partial charge in [0.1, 0.15) is 0 Å². The van der Waals surface area contributed by atoms with Gasteiger partial charge in [0.15, 0.2) is 0 Å². The average Bonchev–Trinajstić information content (AvgIpc) is 2.39. The Hall–Kier alpha value is -1.36. The van der Waals surface area contributed by atoms with Crippen molar-refractivity contribution in [2.75, 3.05) is 26.8 Å². The van der Waals surface area contributed by atoms with E-state index in [1.165, 1.54) is 5.57 Å². The molecule has 1 aliphatic rings. The number of amides is 1. The Morgan fingerprint density at radius 3 is 2.55 bits per heavy atom. The van der Waals surface area contributed by atoms with Gasteiger partial charge < -0.3 is 14.7 Å². The number of carbonyl (C=O) groups excluding carboxylic acids is 1. The fourth-order valence-corrected chi connectivity index (χ4v) is 2.21. The quantitative estimate of drug-likeness (QED) is 0.756. The molecule has 1 atom stereocenters. The van der Waals surface area contributed by atoms with Crippen LogP contribution in [0, 0.1) is 11.3 Å². The molecule has 0 saturated heterocycles. The lowest BCUT2D eigenvalue weighted by Gasteiger charge is -2.33. The predicted molar refractivity (Wildman–Crippen MR) is 76.4 cm³/mol. The number of nitrogens with zero attached hydrogens (tertiary/aromatic N) is 1. The first-order chi connectivity index (χ1) is 9.31. The van der Waals surface area contributed by atoms with E-state index in [2.05, 4.69) is 0 Å². The number of carboxylic acids is 1. The van der Waals surface area contributed by atoms with E-state index >= 15 is 0 Å². The first-order valence-corrected chi connectivity index (χ1v) is 6.99. The van der Waals surface area contributed by atoms with Gasteiger partial charge in [0.2, 0.25) is 5.91 Å². The van der Waals surface area contributed by atoms with Gasteiger partial charge in [-0.1, -0.05) is 19.9 Å². The second-order valence-electron chi connectivity index (χ2n) is 5.94. The number of aliphatic carboxylic acids is 1. The highest BCUT2D eigenvalue weighted by atomic mass is 16.5. The van der Waals surface area contributed by atoms with Crippen molar-refractivity contribution in [2.24, 2.45) is 11.3 Å². The Kier molecular flexibility index (Phi) is 5.74. The van der Waals surface area contributed by atoms with Gasteiger partial charge in [0.05, 0.1) is 12.0 Å². The molecule has 1 rings (SSSR count). The molecule has 0 spiro atoms. The predicted octanol–water partition coefficient (Wildman–Crippen LogP) is 1.93. The van der Waals surface area contributed by atoms with E-state index < -0.39 is 11.4 Å². The van der Waals surface area contributed by atoms with Crippen LogP contribution in [0.4, 0.5) is 0 Å². The van der Waals surface area contributed by atoms with Crippen LogP contribution >= 0.6 is 0 Å². The molecule has 0 aliphatic carbocycles. The zero-order valence-corrected chi connectivity index (χ0v) is 12.8. The summed E-state index contributed by atoms with van der Waals surface area (Å²) in [5.41, 5.74) is 0.189. The molecule has 0 aromatic heterocycles. The highest BCUT2D eigenvalue weighted by Crippen LogP contribution is 2.32. The molecule has 20 heavy (non-hydrogen) atoms. The largest absolute Gasteiger partial charge is 0.481 e. The first-order valence-electron chi connectivity index (χ1n) is 6.99. The van der Waals surface area contributed by atoms with Crippen LogP contribution in [0.25, 0.3) is 0 Å². The summed E-state index contributed by atoms with van der Waals surface area (Å²) < 4.78 is 5.07. The summed E-state index contributed by atoms with van der Waals surface area (Å²) in [4.78, 5) is 25.4. The number of hydrogen-bond acceptors (Lipinski definition) is 3. The Morgan fingerprint density at radius 1 is 1.50 bits per heavy atom. The molecule has 1 unspecified atom stereocenters. The maximum absolute atomic E-state index is 12.3. The first kappa shape index (κ1) is 16.7. The third kappa shape index (κ3) is 3.82. The second kappa shape index (κ2) is 6.88. The van der Waals surface area contributed by atoms with Crippen LogP contribution < -0.4 is 0 Å². The zero-order chi connectivity index (χ0) is 15.3. The van der Waals surface area contributed by atoms with Crippen LogP contribution in [0.1, 0.15) is 33.6 Å². The molecule has 1 aliphatic heterocycles. The Morgan fingerprint density at radius 2 is 2.15 bits per heavy atom. The summed E-state index contributed by atoms with van der Waals surface area (Å²) >= 11 is 0. The van der Waals surface area contributed by atoms with Crippen LogP contribution in [0.15, 0.2) is 11.6 Å². The molecule has 1 amide bonds. The van der Waals surface area contributed by atoms with Gasteiger partial charge in [-0.2, -0.15) is 0 Å². The van der Waals surface area contributed by atoms with Crippen LogP contribution in [-0.4, -0.2) is 48.7 Å². The van der Waals surface area contributed by atoms with Gasteiger partial charge in [-0.3, -0.25) is 9.59 Å². The summed E-state index contributed by atoms with van der Waals surface area (Å²) in [7, 11) is 1.65. The highest BCUT2D eigenvalue weighted by molar-refractivity contribution is 5.85. The van der Waals surface area contributed by atoms with E-state index in [0.29, 0.717) is 19.7 Å². The van der Waals surface area contributed by atoms with Crippen molar-refractivity contribution in [3.8, 4) is 0 Å². The smallest absolute Gasteiger partial charge is 0.310 e. The van der Waals surface area contributed by atoms with Gasteiger partial charge in [-0.15, -0.1) is 0 Å². The van der Waals surface area contributed by atoms with Crippen LogP contribution in [-0.2, 0) is 14.3 Å². The molecular formula is C15H25NO4. The summed E-state index contributed by atoms with van der Waals surface area (Å²) in [5.74, 6) is -1.09. The minimum atomic E-state index is -1.01. The van der Waals surface area contributed by atoms with Crippen LogP contribution in [0.5, 0.6) is 0 Å². The van der Waals surface area contributed by atoms with Crippen molar-refractivity contribution < 1.29 is 19.4 Å². The molecule has 1 N–H and O–H groups in total. The van der Waals surface area contributed by atoms with Crippen LogP contribution in [0.3, 0.4) is 0 Å². The summed E-state index contributed by atoms with van der Waals surface area (Å²) in [6.07, 6.45) is 2.84. The van der Waals surface area contributed by atoms with E-state index in [4.69, 9.17) is 4.74 Å². The van der Waals surface area contributed by atoms with E-state index in [9.17, 15) is 14.7 Å². The Balaban J connectivity index is 2.66. The third-order valence-electron chi connectivity index (χ3n) is 4.27. The number of hydrogen-bond donors (Lipinski definition) is 1. The van der Waals surface area contributed by atoms with Gasteiger partial charge >= 0.3 is 5.97 Å². The highest BCUT2D eigenvalue weighted by Gasteiger charge is 2.39. The van der Waals surface area contributed by atoms with Crippen molar-refractivity contribution in [2.45, 2.75) is 33.6 Å². The number of rotatable bonds is 6. The lowest BCUT2D eigenvalue weighted by atomic mass is 9.76. The molecular weight excluding hydrogens is 258 g/mol. The molecule has 0 bridgehead atoms. The molecule has 0 aromatic rings. The summed E-state index contributed by atoms with van der Waals surface area (Å²) in [6, 6.07) is 0. The number of methoxy groups -OCH3 is 1. The van der Waals surface area contributed by atoms with E-state index in [1.54, 1.807) is 18.9 Å². The minimum absolute atomic E-state index is 0.0491. The Labute approximate surface area is 120 Å². The number of carboxylic acid groups (broad SMARTS) is 1. The molecule has 0 radical (unpaired) electrons. The number of carbonyl (C=O) groups is 2.